The molecular formula is C20H24FN2O3+. The van der Waals surface area contributed by atoms with Crippen LogP contribution in [0.1, 0.15) is 18.1 Å². The van der Waals surface area contributed by atoms with Crippen molar-refractivity contribution in [2.24, 2.45) is 0 Å². The van der Waals surface area contributed by atoms with Crippen molar-refractivity contribution in [2.75, 3.05) is 26.1 Å². The second kappa shape index (κ2) is 7.74. The van der Waals surface area contributed by atoms with Gasteiger partial charge in [0.2, 0.25) is 0 Å². The highest BCUT2D eigenvalue weighted by atomic mass is 19.1. The monoisotopic (exact) mass is 359 g/mol. The lowest BCUT2D eigenvalue weighted by atomic mass is 9.97. The Morgan fingerprint density at radius 2 is 1.73 bits per heavy atom. The largest absolute Gasteiger partial charge is 0.493 e. The van der Waals surface area contributed by atoms with Gasteiger partial charge in [-0.2, -0.15) is 0 Å². The van der Waals surface area contributed by atoms with Crippen molar-refractivity contribution in [1.29, 1.82) is 0 Å². The van der Waals surface area contributed by atoms with Crippen LogP contribution in [0.25, 0.3) is 0 Å². The standard InChI is InChI=1S/C20H23FN2O3/c1-13(20(24)22-17-6-4-16(21)5-7-17)23-9-8-14-10-18(25-2)19(26-3)11-15(14)12-23/h4-7,10-11,13H,8-9,12H2,1-3H3,(H,22,24)/p+1/t13-/m0/s1. The molecule has 2 N–H and O–H groups in total. The number of amides is 1. The van der Waals surface area contributed by atoms with Gasteiger partial charge in [0, 0.05) is 17.7 Å². The summed E-state index contributed by atoms with van der Waals surface area (Å²) in [4.78, 5) is 13.7. The van der Waals surface area contributed by atoms with E-state index in [1.807, 2.05) is 19.1 Å². The summed E-state index contributed by atoms with van der Waals surface area (Å²) < 4.78 is 23.8. The molecule has 0 saturated carbocycles. The Balaban J connectivity index is 1.71. The van der Waals surface area contributed by atoms with Crippen LogP contribution >= 0.6 is 0 Å². The van der Waals surface area contributed by atoms with Gasteiger partial charge in [0.15, 0.2) is 17.5 Å². The molecule has 0 radical (unpaired) electrons. The van der Waals surface area contributed by atoms with Gasteiger partial charge in [0.05, 0.1) is 20.8 Å². The molecule has 2 aromatic rings. The summed E-state index contributed by atoms with van der Waals surface area (Å²) in [6, 6.07) is 9.61. The third-order valence-electron chi connectivity index (χ3n) is 4.96. The lowest BCUT2D eigenvalue weighted by molar-refractivity contribution is -0.929. The summed E-state index contributed by atoms with van der Waals surface area (Å²) >= 11 is 0. The molecule has 0 spiro atoms. The smallest absolute Gasteiger partial charge is 0.282 e. The van der Waals surface area contributed by atoms with Gasteiger partial charge in [-0.3, -0.25) is 4.79 Å². The maximum Gasteiger partial charge on any atom is 0.282 e. The van der Waals surface area contributed by atoms with E-state index in [-0.39, 0.29) is 17.8 Å². The molecule has 1 aliphatic heterocycles. The summed E-state index contributed by atoms with van der Waals surface area (Å²) in [6.45, 7) is 3.52. The van der Waals surface area contributed by atoms with Crippen LogP contribution in [0.4, 0.5) is 10.1 Å². The van der Waals surface area contributed by atoms with Crippen LogP contribution in [-0.4, -0.2) is 32.7 Å². The van der Waals surface area contributed by atoms with Crippen LogP contribution in [0.15, 0.2) is 36.4 Å². The normalized spacial score (nSPS) is 17.2. The lowest BCUT2D eigenvalue weighted by Gasteiger charge is -2.30. The Morgan fingerprint density at radius 1 is 1.12 bits per heavy atom. The lowest BCUT2D eigenvalue weighted by Crippen LogP contribution is -3.16. The van der Waals surface area contributed by atoms with Crippen molar-refractivity contribution in [3.8, 4) is 11.5 Å². The molecule has 1 unspecified atom stereocenters. The molecule has 2 aromatic carbocycles. The van der Waals surface area contributed by atoms with E-state index in [2.05, 4.69) is 5.32 Å². The maximum atomic E-state index is 13.0. The highest BCUT2D eigenvalue weighted by molar-refractivity contribution is 5.93. The molecule has 0 fully saturated rings. The average molecular weight is 359 g/mol. The van der Waals surface area contributed by atoms with E-state index < -0.39 is 0 Å². The highest BCUT2D eigenvalue weighted by Gasteiger charge is 2.30. The number of carbonyl (C=O) groups excluding carboxylic acids is 1. The molecule has 26 heavy (non-hydrogen) atoms. The first kappa shape index (κ1) is 18.2. The van der Waals surface area contributed by atoms with Crippen LogP contribution in [0.2, 0.25) is 0 Å². The second-order valence-electron chi connectivity index (χ2n) is 6.53. The molecular weight excluding hydrogens is 335 g/mol. The zero-order valence-corrected chi connectivity index (χ0v) is 15.3. The SMILES string of the molecule is COc1cc2c(cc1OC)C[NH+]([C@@H](C)C(=O)Nc1ccc(F)cc1)CC2. The summed E-state index contributed by atoms with van der Waals surface area (Å²) in [5, 5.41) is 2.86. The van der Waals surface area contributed by atoms with E-state index in [1.54, 1.807) is 26.4 Å². The fourth-order valence-electron chi connectivity index (χ4n) is 3.33. The first-order valence-electron chi connectivity index (χ1n) is 8.66. The molecule has 5 nitrogen and oxygen atoms in total. The van der Waals surface area contributed by atoms with Gasteiger partial charge in [-0.05, 0) is 48.9 Å². The van der Waals surface area contributed by atoms with E-state index in [0.717, 1.165) is 25.3 Å². The summed E-state index contributed by atoms with van der Waals surface area (Å²) in [6.07, 6.45) is 0.874. The van der Waals surface area contributed by atoms with Crippen molar-refractivity contribution in [3.05, 3.63) is 53.3 Å². The van der Waals surface area contributed by atoms with Crippen LogP contribution in [0, 0.1) is 5.82 Å². The number of rotatable bonds is 5. The Bertz CT molecular complexity index is 792. The van der Waals surface area contributed by atoms with Gasteiger partial charge in [-0.25, -0.2) is 4.39 Å². The molecule has 0 aliphatic carbocycles. The van der Waals surface area contributed by atoms with Crippen LogP contribution in [0.3, 0.4) is 0 Å². The van der Waals surface area contributed by atoms with Crippen molar-refractivity contribution in [1.82, 2.24) is 0 Å². The van der Waals surface area contributed by atoms with Crippen molar-refractivity contribution in [3.63, 3.8) is 0 Å². The minimum Gasteiger partial charge on any atom is -0.493 e. The number of carbonyl (C=O) groups is 1. The topological polar surface area (TPSA) is 52.0 Å². The van der Waals surface area contributed by atoms with Gasteiger partial charge in [-0.1, -0.05) is 0 Å². The third kappa shape index (κ3) is 3.80. The number of ether oxygens (including phenoxy) is 2. The van der Waals surface area contributed by atoms with Crippen molar-refractivity contribution in [2.45, 2.75) is 25.9 Å². The first-order valence-corrected chi connectivity index (χ1v) is 8.66. The Kier molecular flexibility index (Phi) is 5.42. The predicted octanol–water partition coefficient (Wildman–Crippen LogP) is 1.81. The van der Waals surface area contributed by atoms with Gasteiger partial charge in [0.1, 0.15) is 12.4 Å². The zero-order valence-electron chi connectivity index (χ0n) is 15.3. The fourth-order valence-corrected chi connectivity index (χ4v) is 3.33. The molecule has 0 bridgehead atoms. The van der Waals surface area contributed by atoms with Crippen molar-refractivity contribution >= 4 is 11.6 Å². The molecule has 0 aromatic heterocycles. The maximum absolute atomic E-state index is 13.0. The number of nitrogens with one attached hydrogen (secondary N) is 2. The third-order valence-corrected chi connectivity index (χ3v) is 4.96. The Labute approximate surface area is 152 Å². The second-order valence-corrected chi connectivity index (χ2v) is 6.53. The van der Waals surface area contributed by atoms with E-state index >= 15 is 0 Å². The Morgan fingerprint density at radius 3 is 2.35 bits per heavy atom. The minimum atomic E-state index is -0.321. The summed E-state index contributed by atoms with van der Waals surface area (Å²) in [5.74, 6) is 1.04. The number of hydrogen-bond acceptors (Lipinski definition) is 3. The highest BCUT2D eigenvalue weighted by Crippen LogP contribution is 2.31. The molecule has 2 atom stereocenters. The molecule has 3 rings (SSSR count). The van der Waals surface area contributed by atoms with E-state index in [1.165, 1.54) is 28.2 Å². The van der Waals surface area contributed by atoms with E-state index in [4.69, 9.17) is 9.47 Å². The van der Waals surface area contributed by atoms with Gasteiger partial charge in [0.25, 0.3) is 5.91 Å². The quantitative estimate of drug-likeness (QED) is 0.856. The molecule has 6 heteroatoms. The number of fused-ring (bicyclic) bond motifs is 1. The number of hydrogen-bond donors (Lipinski definition) is 2. The van der Waals surface area contributed by atoms with Crippen LogP contribution in [-0.2, 0) is 17.8 Å². The zero-order chi connectivity index (χ0) is 18.7. The van der Waals surface area contributed by atoms with Gasteiger partial charge >= 0.3 is 0 Å². The number of methoxy groups -OCH3 is 2. The van der Waals surface area contributed by atoms with Gasteiger partial charge < -0.3 is 19.7 Å². The summed E-state index contributed by atoms with van der Waals surface area (Å²) in [5.41, 5.74) is 3.01. The first-order chi connectivity index (χ1) is 12.5. The molecule has 0 saturated heterocycles. The van der Waals surface area contributed by atoms with Crippen molar-refractivity contribution < 1.29 is 23.6 Å². The average Bonchev–Trinajstić information content (AvgIpc) is 2.67. The van der Waals surface area contributed by atoms with Crippen LogP contribution in [0.5, 0.6) is 11.5 Å². The van der Waals surface area contributed by atoms with E-state index in [9.17, 15) is 9.18 Å². The fraction of sp³-hybridized carbons (Fsp3) is 0.350. The number of halogens is 1. The Hall–Kier alpha value is -2.60. The molecule has 1 amide bonds. The number of benzene rings is 2. The number of anilines is 1. The molecule has 138 valence electrons. The summed E-state index contributed by atoms with van der Waals surface area (Å²) in [7, 11) is 3.25. The predicted molar refractivity (Wildman–Crippen MR) is 97.3 cm³/mol. The van der Waals surface area contributed by atoms with Crippen LogP contribution < -0.4 is 19.7 Å². The minimum absolute atomic E-state index is 0.0736. The van der Waals surface area contributed by atoms with Gasteiger partial charge in [-0.15, -0.1) is 0 Å². The van der Waals surface area contributed by atoms with E-state index in [0.29, 0.717) is 11.4 Å². The molecule has 1 aliphatic rings. The number of quaternary nitrogens is 1. The molecule has 1 heterocycles.